The van der Waals surface area contributed by atoms with Crippen molar-refractivity contribution in [1.29, 1.82) is 0 Å². The van der Waals surface area contributed by atoms with Crippen LogP contribution in [0.1, 0.15) is 6.92 Å². The van der Waals surface area contributed by atoms with Gasteiger partial charge in [-0.1, -0.05) is 59.8 Å². The first-order chi connectivity index (χ1) is 13.5. The Morgan fingerprint density at radius 2 is 2.07 bits per heavy atom. The van der Waals surface area contributed by atoms with Crippen molar-refractivity contribution >= 4 is 35.0 Å². The van der Waals surface area contributed by atoms with Gasteiger partial charge in [0, 0.05) is 17.8 Å². The summed E-state index contributed by atoms with van der Waals surface area (Å²) in [6.45, 7) is 6.07. The Bertz CT molecular complexity index is 993. The van der Waals surface area contributed by atoms with E-state index < -0.39 is 11.1 Å². The van der Waals surface area contributed by atoms with Crippen molar-refractivity contribution < 1.29 is 9.18 Å². The predicted octanol–water partition coefficient (Wildman–Crippen LogP) is 5.04. The molecule has 3 aromatic rings. The molecule has 0 bridgehead atoms. The smallest absolute Gasteiger partial charge is 0.237 e. The van der Waals surface area contributed by atoms with Crippen LogP contribution in [0.4, 0.5) is 10.1 Å². The van der Waals surface area contributed by atoms with Gasteiger partial charge in [0.1, 0.15) is 5.82 Å². The third kappa shape index (κ3) is 4.61. The lowest BCUT2D eigenvalue weighted by molar-refractivity contribution is -0.115. The minimum atomic E-state index is -0.534. The maximum Gasteiger partial charge on any atom is 0.237 e. The van der Waals surface area contributed by atoms with Gasteiger partial charge in [-0.3, -0.25) is 9.36 Å². The van der Waals surface area contributed by atoms with Gasteiger partial charge < -0.3 is 5.32 Å². The van der Waals surface area contributed by atoms with Gasteiger partial charge in [0.15, 0.2) is 11.0 Å². The molecule has 0 saturated carbocycles. The Labute approximate surface area is 171 Å². The van der Waals surface area contributed by atoms with Gasteiger partial charge >= 0.3 is 0 Å². The second-order valence-corrected chi connectivity index (χ2v) is 7.66. The number of rotatable bonds is 7. The minimum absolute atomic E-state index is 0.0451. The molecule has 1 heterocycles. The summed E-state index contributed by atoms with van der Waals surface area (Å²) < 4.78 is 15.2. The van der Waals surface area contributed by atoms with Crippen LogP contribution in [0, 0.1) is 5.82 Å². The number of carbonyl (C=O) groups is 1. The molecule has 0 fully saturated rings. The molecule has 8 heteroatoms. The highest BCUT2D eigenvalue weighted by Gasteiger charge is 2.20. The van der Waals surface area contributed by atoms with Crippen LogP contribution in [-0.4, -0.2) is 25.9 Å². The number of benzene rings is 2. The van der Waals surface area contributed by atoms with Crippen LogP contribution in [-0.2, 0) is 11.3 Å². The number of hydrogen-bond donors (Lipinski definition) is 1. The zero-order valence-corrected chi connectivity index (χ0v) is 16.7. The monoisotopic (exact) mass is 416 g/mol. The molecular formula is C20H18ClFN4OS. The van der Waals surface area contributed by atoms with Gasteiger partial charge in [0.05, 0.1) is 10.3 Å². The standard InChI is InChI=1S/C20H18ClFN4OS/c1-3-11-26-18(14-7-5-4-6-8-14)24-25-20(26)28-13(2)19(27)23-15-9-10-17(22)16(21)12-15/h3-10,12-13H,1,11H2,2H3,(H,23,27)/t13-/m1/s1. The summed E-state index contributed by atoms with van der Waals surface area (Å²) in [5, 5.41) is 11.4. The summed E-state index contributed by atoms with van der Waals surface area (Å²) in [6, 6.07) is 13.7. The van der Waals surface area contributed by atoms with Crippen molar-refractivity contribution in [3.63, 3.8) is 0 Å². The van der Waals surface area contributed by atoms with Gasteiger partial charge in [-0.25, -0.2) is 4.39 Å². The quantitative estimate of drug-likeness (QED) is 0.433. The summed E-state index contributed by atoms with van der Waals surface area (Å²) in [5.74, 6) is -0.0731. The summed E-state index contributed by atoms with van der Waals surface area (Å²) >= 11 is 7.04. The largest absolute Gasteiger partial charge is 0.325 e. The van der Waals surface area contributed by atoms with Gasteiger partial charge in [0.2, 0.25) is 5.91 Å². The van der Waals surface area contributed by atoms with Crippen LogP contribution >= 0.6 is 23.4 Å². The normalized spacial score (nSPS) is 11.8. The topological polar surface area (TPSA) is 59.8 Å². The van der Waals surface area contributed by atoms with Crippen LogP contribution in [0.15, 0.2) is 66.3 Å². The van der Waals surface area contributed by atoms with E-state index in [1.54, 1.807) is 13.0 Å². The maximum atomic E-state index is 13.3. The highest BCUT2D eigenvalue weighted by molar-refractivity contribution is 8.00. The fourth-order valence-corrected chi connectivity index (χ4v) is 3.54. The molecule has 0 spiro atoms. The lowest BCUT2D eigenvalue weighted by Gasteiger charge is -2.13. The highest BCUT2D eigenvalue weighted by atomic mass is 35.5. The van der Waals surface area contributed by atoms with Crippen molar-refractivity contribution in [2.24, 2.45) is 0 Å². The number of carbonyl (C=O) groups excluding carboxylic acids is 1. The van der Waals surface area contributed by atoms with Gasteiger partial charge in [-0.05, 0) is 25.1 Å². The predicted molar refractivity (Wildman–Crippen MR) is 111 cm³/mol. The van der Waals surface area contributed by atoms with E-state index in [4.69, 9.17) is 11.6 Å². The summed E-state index contributed by atoms with van der Waals surface area (Å²) in [5.41, 5.74) is 1.36. The molecular weight excluding hydrogens is 399 g/mol. The Balaban J connectivity index is 1.76. The first-order valence-electron chi connectivity index (χ1n) is 8.51. The van der Waals surface area contributed by atoms with Crippen LogP contribution < -0.4 is 5.32 Å². The molecule has 0 aliphatic heterocycles. The lowest BCUT2D eigenvalue weighted by Crippen LogP contribution is -2.23. The Kier molecular flexibility index (Phi) is 6.49. The van der Waals surface area contributed by atoms with Crippen molar-refractivity contribution in [2.75, 3.05) is 5.32 Å². The van der Waals surface area contributed by atoms with Gasteiger partial charge in [0.25, 0.3) is 0 Å². The zero-order chi connectivity index (χ0) is 20.1. The van der Waals surface area contributed by atoms with Crippen LogP contribution in [0.2, 0.25) is 5.02 Å². The molecule has 1 atom stereocenters. The molecule has 0 aliphatic carbocycles. The lowest BCUT2D eigenvalue weighted by atomic mass is 10.2. The number of amides is 1. The molecule has 0 saturated heterocycles. The number of nitrogens with zero attached hydrogens (tertiary/aromatic N) is 3. The fraction of sp³-hybridized carbons (Fsp3) is 0.150. The third-order valence-corrected chi connectivity index (χ3v) is 5.27. The van der Waals surface area contributed by atoms with Crippen LogP contribution in [0.25, 0.3) is 11.4 Å². The maximum absolute atomic E-state index is 13.3. The highest BCUT2D eigenvalue weighted by Crippen LogP contribution is 2.28. The molecule has 0 unspecified atom stereocenters. The number of allylic oxidation sites excluding steroid dienone is 1. The Hall–Kier alpha value is -2.64. The van der Waals surface area contributed by atoms with E-state index in [1.807, 2.05) is 34.9 Å². The van der Waals surface area contributed by atoms with E-state index in [2.05, 4.69) is 22.1 Å². The van der Waals surface area contributed by atoms with Gasteiger partial charge in [-0.15, -0.1) is 16.8 Å². The molecule has 2 aromatic carbocycles. The summed E-state index contributed by atoms with van der Waals surface area (Å²) in [6.07, 6.45) is 1.76. The molecule has 0 radical (unpaired) electrons. The number of anilines is 1. The van der Waals surface area contributed by atoms with Crippen molar-refractivity contribution in [2.45, 2.75) is 23.9 Å². The van der Waals surface area contributed by atoms with Crippen LogP contribution in [0.5, 0.6) is 0 Å². The second kappa shape index (κ2) is 9.03. The first-order valence-corrected chi connectivity index (χ1v) is 9.77. The number of nitrogens with one attached hydrogen (secondary N) is 1. The average Bonchev–Trinajstić information content (AvgIpc) is 3.08. The van der Waals surface area contributed by atoms with Crippen molar-refractivity contribution in [3.05, 3.63) is 72.0 Å². The Morgan fingerprint density at radius 1 is 1.32 bits per heavy atom. The summed E-state index contributed by atoms with van der Waals surface area (Å²) in [4.78, 5) is 12.5. The van der Waals surface area contributed by atoms with E-state index >= 15 is 0 Å². The number of thioether (sulfide) groups is 1. The zero-order valence-electron chi connectivity index (χ0n) is 15.1. The molecule has 1 N–H and O–H groups in total. The molecule has 0 aliphatic rings. The van der Waals surface area contributed by atoms with E-state index in [0.29, 0.717) is 23.2 Å². The molecule has 1 amide bonds. The molecule has 144 valence electrons. The van der Waals surface area contributed by atoms with E-state index in [1.165, 1.54) is 30.0 Å². The molecule has 5 nitrogen and oxygen atoms in total. The van der Waals surface area contributed by atoms with E-state index in [-0.39, 0.29) is 10.9 Å². The van der Waals surface area contributed by atoms with Crippen LogP contribution in [0.3, 0.4) is 0 Å². The first kappa shape index (κ1) is 20.1. The second-order valence-electron chi connectivity index (χ2n) is 5.95. The Morgan fingerprint density at radius 3 is 2.75 bits per heavy atom. The molecule has 3 rings (SSSR count). The van der Waals surface area contributed by atoms with E-state index in [0.717, 1.165) is 5.56 Å². The van der Waals surface area contributed by atoms with Crippen molar-refractivity contribution in [3.8, 4) is 11.4 Å². The molecule has 1 aromatic heterocycles. The SMILES string of the molecule is C=CCn1c(S[C@H](C)C(=O)Nc2ccc(F)c(Cl)c2)nnc1-c1ccccc1. The molecule has 28 heavy (non-hydrogen) atoms. The fourth-order valence-electron chi connectivity index (χ4n) is 2.50. The van der Waals surface area contributed by atoms with E-state index in [9.17, 15) is 9.18 Å². The van der Waals surface area contributed by atoms with Crippen molar-refractivity contribution in [1.82, 2.24) is 14.8 Å². The average molecular weight is 417 g/mol. The third-order valence-electron chi connectivity index (χ3n) is 3.90. The number of aromatic nitrogens is 3. The number of hydrogen-bond acceptors (Lipinski definition) is 4. The van der Waals surface area contributed by atoms with Gasteiger partial charge in [-0.2, -0.15) is 0 Å². The number of halogens is 2. The minimum Gasteiger partial charge on any atom is -0.325 e. The summed E-state index contributed by atoms with van der Waals surface area (Å²) in [7, 11) is 0.